The van der Waals surface area contributed by atoms with Gasteiger partial charge in [0.1, 0.15) is 23.9 Å². The number of hydrogen-bond acceptors (Lipinski definition) is 5. The molecule has 0 saturated heterocycles. The van der Waals surface area contributed by atoms with Crippen LogP contribution in [0.4, 0.5) is 0 Å². The van der Waals surface area contributed by atoms with E-state index in [1.807, 2.05) is 0 Å². The standard InChI is InChI=1S/C14H12O5/c15-8-11-4-6-14(19-11)12(17)5-2-9-1-3-10(16)7-13(9)18/h1-7,15-16,18H,8H2. The molecule has 2 rings (SSSR count). The van der Waals surface area contributed by atoms with Crippen molar-refractivity contribution in [3.8, 4) is 11.5 Å². The molecule has 0 aliphatic carbocycles. The first-order valence-electron chi connectivity index (χ1n) is 5.54. The molecule has 5 nitrogen and oxygen atoms in total. The minimum Gasteiger partial charge on any atom is -0.508 e. The Balaban J connectivity index is 2.15. The Hall–Kier alpha value is -2.53. The molecule has 0 aliphatic heterocycles. The van der Waals surface area contributed by atoms with Crippen LogP contribution in [0.3, 0.4) is 0 Å². The van der Waals surface area contributed by atoms with Gasteiger partial charge in [-0.3, -0.25) is 4.79 Å². The summed E-state index contributed by atoms with van der Waals surface area (Å²) in [5.74, 6) is -0.144. The third-order valence-electron chi connectivity index (χ3n) is 2.49. The van der Waals surface area contributed by atoms with Crippen molar-refractivity contribution >= 4 is 11.9 Å². The van der Waals surface area contributed by atoms with E-state index >= 15 is 0 Å². The molecule has 1 aromatic heterocycles. The van der Waals surface area contributed by atoms with Gasteiger partial charge in [-0.2, -0.15) is 0 Å². The fourth-order valence-electron chi connectivity index (χ4n) is 1.52. The summed E-state index contributed by atoms with van der Waals surface area (Å²) in [6.45, 7) is -0.268. The minimum absolute atomic E-state index is 0.0559. The number of carbonyl (C=O) groups excluding carboxylic acids is 1. The van der Waals surface area contributed by atoms with Gasteiger partial charge in [0, 0.05) is 11.6 Å². The Labute approximate surface area is 109 Å². The van der Waals surface area contributed by atoms with E-state index in [1.165, 1.54) is 42.5 Å². The number of aromatic hydroxyl groups is 2. The second kappa shape index (κ2) is 5.41. The van der Waals surface area contributed by atoms with E-state index in [4.69, 9.17) is 14.6 Å². The van der Waals surface area contributed by atoms with Crippen molar-refractivity contribution in [1.29, 1.82) is 0 Å². The van der Waals surface area contributed by atoms with E-state index in [0.29, 0.717) is 11.3 Å². The zero-order chi connectivity index (χ0) is 13.8. The van der Waals surface area contributed by atoms with Crippen LogP contribution in [0.1, 0.15) is 21.9 Å². The summed E-state index contributed by atoms with van der Waals surface area (Å²) in [7, 11) is 0. The van der Waals surface area contributed by atoms with E-state index in [9.17, 15) is 9.90 Å². The Morgan fingerprint density at radius 3 is 2.63 bits per heavy atom. The molecule has 98 valence electrons. The lowest BCUT2D eigenvalue weighted by atomic mass is 10.1. The number of aliphatic hydroxyl groups excluding tert-OH is 1. The molecule has 19 heavy (non-hydrogen) atoms. The second-order valence-corrected chi connectivity index (χ2v) is 3.86. The van der Waals surface area contributed by atoms with Crippen LogP contribution in [0, 0.1) is 0 Å². The zero-order valence-electron chi connectivity index (χ0n) is 9.91. The lowest BCUT2D eigenvalue weighted by Crippen LogP contribution is -1.91. The van der Waals surface area contributed by atoms with Gasteiger partial charge in [0.25, 0.3) is 0 Å². The number of allylic oxidation sites excluding steroid dienone is 1. The van der Waals surface area contributed by atoms with Crippen molar-refractivity contribution in [1.82, 2.24) is 0 Å². The van der Waals surface area contributed by atoms with Crippen LogP contribution in [0.5, 0.6) is 11.5 Å². The van der Waals surface area contributed by atoms with E-state index in [-0.39, 0.29) is 29.6 Å². The Kier molecular flexibility index (Phi) is 3.68. The molecular weight excluding hydrogens is 248 g/mol. The summed E-state index contributed by atoms with van der Waals surface area (Å²) >= 11 is 0. The number of ketones is 1. The van der Waals surface area contributed by atoms with Crippen LogP contribution in [0.2, 0.25) is 0 Å². The monoisotopic (exact) mass is 260 g/mol. The topological polar surface area (TPSA) is 90.9 Å². The van der Waals surface area contributed by atoms with Crippen molar-refractivity contribution in [3.05, 3.63) is 53.5 Å². The summed E-state index contributed by atoms with van der Waals surface area (Å²) in [5.41, 5.74) is 0.403. The number of benzene rings is 1. The molecule has 0 radical (unpaired) electrons. The average molecular weight is 260 g/mol. The number of aliphatic hydroxyl groups is 1. The predicted octanol–water partition coefficient (Wildman–Crippen LogP) is 2.08. The average Bonchev–Trinajstić information content (AvgIpc) is 2.86. The summed E-state index contributed by atoms with van der Waals surface area (Å²) in [6, 6.07) is 7.05. The molecule has 3 N–H and O–H groups in total. The van der Waals surface area contributed by atoms with Gasteiger partial charge in [-0.15, -0.1) is 0 Å². The molecule has 0 unspecified atom stereocenters. The lowest BCUT2D eigenvalue weighted by molar-refractivity contribution is 0.101. The van der Waals surface area contributed by atoms with Crippen molar-refractivity contribution in [2.45, 2.75) is 6.61 Å². The highest BCUT2D eigenvalue weighted by atomic mass is 16.4. The zero-order valence-corrected chi connectivity index (χ0v) is 9.91. The highest BCUT2D eigenvalue weighted by Crippen LogP contribution is 2.23. The van der Waals surface area contributed by atoms with Gasteiger partial charge >= 0.3 is 0 Å². The fraction of sp³-hybridized carbons (Fsp3) is 0.0714. The van der Waals surface area contributed by atoms with Gasteiger partial charge in [0.15, 0.2) is 5.76 Å². The van der Waals surface area contributed by atoms with Crippen LogP contribution in [0.25, 0.3) is 6.08 Å². The maximum Gasteiger partial charge on any atom is 0.221 e. The van der Waals surface area contributed by atoms with Crippen LogP contribution >= 0.6 is 0 Å². The first-order valence-corrected chi connectivity index (χ1v) is 5.54. The molecule has 0 fully saturated rings. The number of phenols is 2. The summed E-state index contributed by atoms with van der Waals surface area (Å²) in [4.78, 5) is 11.7. The van der Waals surface area contributed by atoms with Crippen molar-refractivity contribution in [3.63, 3.8) is 0 Å². The molecule has 0 bridgehead atoms. The smallest absolute Gasteiger partial charge is 0.221 e. The highest BCUT2D eigenvalue weighted by molar-refractivity contribution is 6.05. The fourth-order valence-corrected chi connectivity index (χ4v) is 1.52. The van der Waals surface area contributed by atoms with Crippen molar-refractivity contribution < 1.29 is 24.5 Å². The Morgan fingerprint density at radius 2 is 2.00 bits per heavy atom. The third-order valence-corrected chi connectivity index (χ3v) is 2.49. The predicted molar refractivity (Wildman–Crippen MR) is 67.8 cm³/mol. The van der Waals surface area contributed by atoms with Gasteiger partial charge in [-0.05, 0) is 36.4 Å². The molecule has 0 aliphatic rings. The quantitative estimate of drug-likeness (QED) is 0.578. The minimum atomic E-state index is -0.382. The molecule has 0 saturated carbocycles. The first-order chi connectivity index (χ1) is 9.10. The van der Waals surface area contributed by atoms with Gasteiger partial charge < -0.3 is 19.7 Å². The highest BCUT2D eigenvalue weighted by Gasteiger charge is 2.08. The van der Waals surface area contributed by atoms with Crippen LogP contribution in [-0.2, 0) is 6.61 Å². The van der Waals surface area contributed by atoms with Crippen molar-refractivity contribution in [2.24, 2.45) is 0 Å². The molecule has 0 atom stereocenters. The summed E-state index contributed by atoms with van der Waals surface area (Å²) in [6.07, 6.45) is 2.66. The van der Waals surface area contributed by atoms with Crippen LogP contribution in [0.15, 0.2) is 40.8 Å². The maximum absolute atomic E-state index is 11.7. The molecule has 1 heterocycles. The molecule has 0 spiro atoms. The van der Waals surface area contributed by atoms with Gasteiger partial charge in [-0.25, -0.2) is 0 Å². The number of phenolic OH excluding ortho intramolecular Hbond substituents is 2. The van der Waals surface area contributed by atoms with Crippen LogP contribution < -0.4 is 0 Å². The van der Waals surface area contributed by atoms with Gasteiger partial charge in [-0.1, -0.05) is 0 Å². The Bertz CT molecular complexity index is 625. The lowest BCUT2D eigenvalue weighted by Gasteiger charge is -1.98. The maximum atomic E-state index is 11.7. The molecule has 1 aromatic carbocycles. The molecule has 5 heteroatoms. The number of rotatable bonds is 4. The SMILES string of the molecule is O=C(C=Cc1ccc(O)cc1O)c1ccc(CO)o1. The van der Waals surface area contributed by atoms with Gasteiger partial charge in [0.2, 0.25) is 5.78 Å². The Morgan fingerprint density at radius 1 is 1.21 bits per heavy atom. The van der Waals surface area contributed by atoms with E-state index in [2.05, 4.69) is 0 Å². The number of hydrogen-bond donors (Lipinski definition) is 3. The largest absolute Gasteiger partial charge is 0.508 e. The number of furan rings is 1. The summed E-state index contributed by atoms with van der Waals surface area (Å²) < 4.78 is 5.08. The molecule has 2 aromatic rings. The second-order valence-electron chi connectivity index (χ2n) is 3.86. The number of carbonyl (C=O) groups is 1. The van der Waals surface area contributed by atoms with Crippen molar-refractivity contribution in [2.75, 3.05) is 0 Å². The van der Waals surface area contributed by atoms with Crippen LogP contribution in [-0.4, -0.2) is 21.1 Å². The van der Waals surface area contributed by atoms with E-state index < -0.39 is 0 Å². The molecular formula is C14H12O5. The normalized spacial score (nSPS) is 11.0. The van der Waals surface area contributed by atoms with Gasteiger partial charge in [0.05, 0.1) is 0 Å². The third kappa shape index (κ3) is 3.02. The summed E-state index contributed by atoms with van der Waals surface area (Å²) in [5, 5.41) is 27.5. The first kappa shape index (κ1) is 12.9. The van der Waals surface area contributed by atoms with E-state index in [1.54, 1.807) is 0 Å². The molecule has 0 amide bonds. The van der Waals surface area contributed by atoms with E-state index in [0.717, 1.165) is 0 Å².